The molecule has 92 valence electrons. The van der Waals surface area contributed by atoms with Crippen molar-refractivity contribution in [1.29, 1.82) is 0 Å². The van der Waals surface area contributed by atoms with Gasteiger partial charge in [0.25, 0.3) is 0 Å². The van der Waals surface area contributed by atoms with Crippen LogP contribution < -0.4 is 16.0 Å². The molecular weight excluding hydrogens is 222 g/mol. The van der Waals surface area contributed by atoms with E-state index in [2.05, 4.69) is 11.0 Å². The predicted octanol–water partition coefficient (Wildman–Crippen LogP) is 0.397. The van der Waals surface area contributed by atoms with Gasteiger partial charge in [-0.1, -0.05) is 18.2 Å². The third-order valence-corrected chi connectivity index (χ3v) is 2.26. The first-order chi connectivity index (χ1) is 7.75. The number of carboxylic acid groups (broad SMARTS) is 1. The van der Waals surface area contributed by atoms with E-state index in [0.717, 1.165) is 11.4 Å². The van der Waals surface area contributed by atoms with Crippen LogP contribution in [-0.2, 0) is 4.79 Å². The number of hydrogen-bond donors (Lipinski definition) is 3. The van der Waals surface area contributed by atoms with Gasteiger partial charge < -0.3 is 16.0 Å². The van der Waals surface area contributed by atoms with Crippen molar-refractivity contribution in [3.8, 4) is 0 Å². The Morgan fingerprint density at radius 1 is 1.29 bits per heavy atom. The Labute approximate surface area is 98.8 Å². The van der Waals surface area contributed by atoms with Gasteiger partial charge in [-0.2, -0.15) is 0 Å². The molecule has 2 rings (SSSR count). The van der Waals surface area contributed by atoms with Gasteiger partial charge in [-0.05, 0) is 12.1 Å². The highest BCUT2D eigenvalue weighted by atomic mass is 16.4. The minimum absolute atomic E-state index is 0. The van der Waals surface area contributed by atoms with Gasteiger partial charge in [0.2, 0.25) is 0 Å². The fraction of sp³-hybridized carbons (Fsp3) is 0.182. The van der Waals surface area contributed by atoms with E-state index in [0.29, 0.717) is 6.42 Å². The summed E-state index contributed by atoms with van der Waals surface area (Å²) in [6.45, 7) is 0. The van der Waals surface area contributed by atoms with E-state index in [1.54, 1.807) is 0 Å². The van der Waals surface area contributed by atoms with Gasteiger partial charge in [-0.25, -0.2) is 0 Å². The van der Waals surface area contributed by atoms with Crippen LogP contribution in [0.2, 0.25) is 0 Å². The molecule has 0 saturated carbocycles. The second-order valence-corrected chi connectivity index (χ2v) is 3.49. The standard InChI is InChI=1S/C11H13N3O2.H2O/c15-11(16)7-6-9-8-14(13-12-9)10-4-2-1-3-5-10;/h1-5,8,12-13H,6-7H2,(H,15,16);1H2. The van der Waals surface area contributed by atoms with Crippen molar-refractivity contribution >= 4 is 11.7 Å². The molecule has 6 heteroatoms. The van der Waals surface area contributed by atoms with Crippen LogP contribution in [0.4, 0.5) is 5.69 Å². The van der Waals surface area contributed by atoms with Gasteiger partial charge in [0.05, 0.1) is 12.1 Å². The molecule has 0 fully saturated rings. The lowest BCUT2D eigenvalue weighted by atomic mass is 10.2. The first kappa shape index (κ1) is 13.0. The maximum absolute atomic E-state index is 10.4. The molecule has 0 atom stereocenters. The molecule has 0 aromatic heterocycles. The molecule has 1 aromatic rings. The molecule has 6 nitrogen and oxygen atoms in total. The number of anilines is 1. The molecule has 0 amide bonds. The molecule has 0 saturated heterocycles. The quantitative estimate of drug-likeness (QED) is 0.704. The second-order valence-electron chi connectivity index (χ2n) is 3.49. The summed E-state index contributed by atoms with van der Waals surface area (Å²) < 4.78 is 0. The highest BCUT2D eigenvalue weighted by Gasteiger charge is 2.12. The number of carbonyl (C=O) groups is 1. The molecule has 0 radical (unpaired) electrons. The number of nitrogens with one attached hydrogen (secondary N) is 2. The Kier molecular flexibility index (Phi) is 4.50. The van der Waals surface area contributed by atoms with E-state index >= 15 is 0 Å². The molecule has 17 heavy (non-hydrogen) atoms. The van der Waals surface area contributed by atoms with Crippen molar-refractivity contribution in [3.05, 3.63) is 42.2 Å². The van der Waals surface area contributed by atoms with Crippen molar-refractivity contribution in [2.75, 3.05) is 5.01 Å². The number of para-hydroxylation sites is 1. The Morgan fingerprint density at radius 2 is 2.00 bits per heavy atom. The van der Waals surface area contributed by atoms with Gasteiger partial charge in [0.1, 0.15) is 0 Å². The van der Waals surface area contributed by atoms with E-state index in [9.17, 15) is 4.79 Å². The summed E-state index contributed by atoms with van der Waals surface area (Å²) in [7, 11) is 0. The van der Waals surface area contributed by atoms with Gasteiger partial charge >= 0.3 is 5.97 Å². The summed E-state index contributed by atoms with van der Waals surface area (Å²) in [5.74, 6) is -0.791. The van der Waals surface area contributed by atoms with Crippen LogP contribution in [0.5, 0.6) is 0 Å². The molecule has 0 spiro atoms. The van der Waals surface area contributed by atoms with Gasteiger partial charge in [-0.3, -0.25) is 9.80 Å². The van der Waals surface area contributed by atoms with Crippen LogP contribution in [0.15, 0.2) is 42.2 Å². The van der Waals surface area contributed by atoms with Gasteiger partial charge in [0.15, 0.2) is 0 Å². The van der Waals surface area contributed by atoms with Crippen molar-refractivity contribution in [2.45, 2.75) is 12.8 Å². The van der Waals surface area contributed by atoms with Crippen LogP contribution in [0, 0.1) is 0 Å². The van der Waals surface area contributed by atoms with E-state index in [1.807, 2.05) is 41.5 Å². The third-order valence-electron chi connectivity index (χ3n) is 2.26. The third kappa shape index (κ3) is 3.47. The number of hydrogen-bond acceptors (Lipinski definition) is 4. The SMILES string of the molecule is O.O=C(O)CCC1=CN(c2ccccc2)NN1. The number of carboxylic acids is 1. The molecule has 0 bridgehead atoms. The average molecular weight is 237 g/mol. The molecule has 1 heterocycles. The Bertz CT molecular complexity index is 406. The predicted molar refractivity (Wildman–Crippen MR) is 63.8 cm³/mol. The summed E-state index contributed by atoms with van der Waals surface area (Å²) in [4.78, 5) is 10.4. The largest absolute Gasteiger partial charge is 0.481 e. The monoisotopic (exact) mass is 237 g/mol. The summed E-state index contributed by atoms with van der Waals surface area (Å²) in [6, 6.07) is 9.76. The molecule has 0 unspecified atom stereocenters. The van der Waals surface area contributed by atoms with Gasteiger partial charge in [0, 0.05) is 18.3 Å². The molecule has 5 N–H and O–H groups in total. The van der Waals surface area contributed by atoms with Crippen LogP contribution >= 0.6 is 0 Å². The van der Waals surface area contributed by atoms with E-state index < -0.39 is 5.97 Å². The normalized spacial score (nSPS) is 13.6. The summed E-state index contributed by atoms with van der Waals surface area (Å²) in [5, 5.41) is 10.4. The summed E-state index contributed by atoms with van der Waals surface area (Å²) in [6.07, 6.45) is 2.48. The molecule has 1 aliphatic rings. The zero-order chi connectivity index (χ0) is 11.4. The fourth-order valence-corrected chi connectivity index (χ4v) is 1.45. The number of hydrazine groups is 2. The molecule has 1 aliphatic heterocycles. The van der Waals surface area contributed by atoms with Crippen LogP contribution in [0.1, 0.15) is 12.8 Å². The van der Waals surface area contributed by atoms with E-state index in [-0.39, 0.29) is 11.9 Å². The minimum Gasteiger partial charge on any atom is -0.481 e. The maximum atomic E-state index is 10.4. The van der Waals surface area contributed by atoms with Crippen molar-refractivity contribution in [2.24, 2.45) is 0 Å². The Balaban J connectivity index is 0.00000144. The van der Waals surface area contributed by atoms with Crippen molar-refractivity contribution in [1.82, 2.24) is 11.0 Å². The number of rotatable bonds is 4. The molecular formula is C11H15N3O3. The number of allylic oxidation sites excluding steroid dienone is 1. The Hall–Kier alpha value is -2.05. The van der Waals surface area contributed by atoms with Crippen molar-refractivity contribution in [3.63, 3.8) is 0 Å². The number of benzene rings is 1. The lowest BCUT2D eigenvalue weighted by Crippen LogP contribution is -2.36. The lowest BCUT2D eigenvalue weighted by molar-refractivity contribution is -0.136. The lowest BCUT2D eigenvalue weighted by Gasteiger charge is -2.14. The van der Waals surface area contributed by atoms with Crippen LogP contribution in [-0.4, -0.2) is 16.6 Å². The highest BCUT2D eigenvalue weighted by molar-refractivity contribution is 5.67. The average Bonchev–Trinajstić information content (AvgIpc) is 2.76. The van der Waals surface area contributed by atoms with Crippen LogP contribution in [0.3, 0.4) is 0 Å². The minimum atomic E-state index is -0.791. The molecule has 0 aliphatic carbocycles. The zero-order valence-electron chi connectivity index (χ0n) is 9.18. The maximum Gasteiger partial charge on any atom is 0.303 e. The molecule has 1 aromatic carbocycles. The van der Waals surface area contributed by atoms with E-state index in [1.165, 1.54) is 0 Å². The highest BCUT2D eigenvalue weighted by Crippen LogP contribution is 2.16. The number of aliphatic carboxylic acids is 1. The summed E-state index contributed by atoms with van der Waals surface area (Å²) >= 11 is 0. The fourth-order valence-electron chi connectivity index (χ4n) is 1.45. The smallest absolute Gasteiger partial charge is 0.303 e. The first-order valence-electron chi connectivity index (χ1n) is 5.04. The second kappa shape index (κ2) is 5.88. The van der Waals surface area contributed by atoms with Crippen LogP contribution in [0.25, 0.3) is 0 Å². The van der Waals surface area contributed by atoms with Crippen molar-refractivity contribution < 1.29 is 15.4 Å². The number of nitrogens with zero attached hydrogens (tertiary/aromatic N) is 1. The van der Waals surface area contributed by atoms with E-state index in [4.69, 9.17) is 5.11 Å². The zero-order valence-corrected chi connectivity index (χ0v) is 9.18. The topological polar surface area (TPSA) is 96.1 Å². The summed E-state index contributed by atoms with van der Waals surface area (Å²) in [5.41, 5.74) is 7.75. The Morgan fingerprint density at radius 3 is 2.65 bits per heavy atom. The van der Waals surface area contributed by atoms with Gasteiger partial charge in [-0.15, -0.1) is 5.53 Å². The first-order valence-corrected chi connectivity index (χ1v) is 5.04.